The summed E-state index contributed by atoms with van der Waals surface area (Å²) in [6.45, 7) is 5.84. The van der Waals surface area contributed by atoms with Crippen molar-refractivity contribution >= 4 is 11.8 Å². The lowest BCUT2D eigenvalue weighted by Gasteiger charge is -1.99. The van der Waals surface area contributed by atoms with Crippen LogP contribution in [0.4, 0.5) is 0 Å². The van der Waals surface area contributed by atoms with E-state index in [1.165, 1.54) is 22.9 Å². The topological polar surface area (TPSA) is 77.8 Å². The monoisotopic (exact) mass is 302 g/mol. The Morgan fingerprint density at radius 1 is 0.905 bits per heavy atom. The van der Waals surface area contributed by atoms with Crippen molar-refractivity contribution in [2.45, 2.75) is 31.7 Å². The largest absolute Gasteiger partial charge is 0.425 e. The summed E-state index contributed by atoms with van der Waals surface area (Å²) in [5, 5.41) is 16.3. The molecule has 6 nitrogen and oxygen atoms in total. The van der Waals surface area contributed by atoms with Crippen LogP contribution in [0.25, 0.3) is 11.5 Å². The number of benzene rings is 1. The number of aryl methyl sites for hydroxylation is 3. The molecule has 3 aromatic rings. The van der Waals surface area contributed by atoms with Gasteiger partial charge in [-0.3, -0.25) is 0 Å². The molecule has 0 atom stereocenters. The van der Waals surface area contributed by atoms with E-state index >= 15 is 0 Å². The van der Waals surface area contributed by atoms with Crippen LogP contribution in [0.1, 0.15) is 22.9 Å². The summed E-state index contributed by atoms with van der Waals surface area (Å²) in [5.74, 6) is 2.12. The Morgan fingerprint density at radius 2 is 1.67 bits per heavy atom. The van der Waals surface area contributed by atoms with Gasteiger partial charge in [-0.25, -0.2) is 0 Å². The molecule has 3 rings (SSSR count). The Hall–Kier alpha value is -2.15. The molecular formula is C14H14N4O2S. The summed E-state index contributed by atoms with van der Waals surface area (Å²) >= 11 is 1.37. The smallest absolute Gasteiger partial charge is 0.277 e. The van der Waals surface area contributed by atoms with Crippen LogP contribution in [0.2, 0.25) is 0 Å². The number of hydrogen-bond donors (Lipinski definition) is 0. The molecule has 2 heterocycles. The maximum Gasteiger partial charge on any atom is 0.277 e. The average molecular weight is 302 g/mol. The summed E-state index contributed by atoms with van der Waals surface area (Å²) < 4.78 is 11.0. The van der Waals surface area contributed by atoms with Gasteiger partial charge in [-0.1, -0.05) is 29.0 Å². The van der Waals surface area contributed by atoms with E-state index in [2.05, 4.69) is 26.5 Å². The summed E-state index contributed by atoms with van der Waals surface area (Å²) in [6, 6.07) is 6.15. The molecule has 0 saturated carbocycles. The number of rotatable bonds is 4. The van der Waals surface area contributed by atoms with Gasteiger partial charge in [-0.05, 0) is 26.0 Å². The van der Waals surface area contributed by atoms with Gasteiger partial charge < -0.3 is 8.83 Å². The summed E-state index contributed by atoms with van der Waals surface area (Å²) in [6.07, 6.45) is 0. The Balaban J connectivity index is 1.73. The minimum atomic E-state index is 0.486. The van der Waals surface area contributed by atoms with Crippen molar-refractivity contribution in [2.75, 3.05) is 0 Å². The number of hydrogen-bond acceptors (Lipinski definition) is 7. The van der Waals surface area contributed by atoms with Crippen LogP contribution >= 0.6 is 11.8 Å². The second-order valence-electron chi connectivity index (χ2n) is 4.75. The van der Waals surface area contributed by atoms with Crippen LogP contribution < -0.4 is 0 Å². The first-order chi connectivity index (χ1) is 10.1. The summed E-state index contributed by atoms with van der Waals surface area (Å²) in [7, 11) is 0. The normalized spacial score (nSPS) is 11.0. The lowest BCUT2D eigenvalue weighted by atomic mass is 10.1. The molecule has 0 fully saturated rings. The van der Waals surface area contributed by atoms with Crippen molar-refractivity contribution in [3.8, 4) is 11.5 Å². The van der Waals surface area contributed by atoms with Gasteiger partial charge >= 0.3 is 0 Å². The molecule has 0 N–H and O–H groups in total. The van der Waals surface area contributed by atoms with E-state index in [0.29, 0.717) is 28.6 Å². The van der Waals surface area contributed by atoms with Crippen LogP contribution in [0.5, 0.6) is 0 Å². The van der Waals surface area contributed by atoms with E-state index in [0.717, 1.165) is 5.56 Å². The summed E-state index contributed by atoms with van der Waals surface area (Å²) in [4.78, 5) is 0. The van der Waals surface area contributed by atoms with E-state index in [9.17, 15) is 0 Å². The third-order valence-corrected chi connectivity index (χ3v) is 3.57. The first-order valence-corrected chi connectivity index (χ1v) is 7.42. The predicted octanol–water partition coefficient (Wildman–Crippen LogP) is 3.34. The fraction of sp³-hybridized carbons (Fsp3) is 0.286. The van der Waals surface area contributed by atoms with Gasteiger partial charge in [0, 0.05) is 12.5 Å². The highest BCUT2D eigenvalue weighted by Crippen LogP contribution is 2.26. The SMILES string of the molecule is Cc1cc(C)cc(-c2nnc(SCc3nnc(C)o3)o2)c1. The molecule has 1 aromatic carbocycles. The number of aromatic nitrogens is 4. The molecule has 2 aromatic heterocycles. The zero-order chi connectivity index (χ0) is 14.8. The second kappa shape index (κ2) is 5.69. The Morgan fingerprint density at radius 3 is 2.33 bits per heavy atom. The van der Waals surface area contributed by atoms with Gasteiger partial charge in [-0.2, -0.15) is 0 Å². The predicted molar refractivity (Wildman–Crippen MR) is 77.8 cm³/mol. The lowest BCUT2D eigenvalue weighted by Crippen LogP contribution is -1.82. The van der Waals surface area contributed by atoms with Gasteiger partial charge in [0.15, 0.2) is 0 Å². The van der Waals surface area contributed by atoms with Crippen LogP contribution in [0.3, 0.4) is 0 Å². The second-order valence-corrected chi connectivity index (χ2v) is 5.68. The molecule has 0 radical (unpaired) electrons. The highest BCUT2D eigenvalue weighted by atomic mass is 32.2. The van der Waals surface area contributed by atoms with Crippen molar-refractivity contribution < 1.29 is 8.83 Å². The van der Waals surface area contributed by atoms with Crippen molar-refractivity contribution in [2.24, 2.45) is 0 Å². The van der Waals surface area contributed by atoms with Gasteiger partial charge in [0.05, 0.1) is 5.75 Å². The molecule has 7 heteroatoms. The number of nitrogens with zero attached hydrogens (tertiary/aromatic N) is 4. The third-order valence-electron chi connectivity index (χ3n) is 2.76. The molecule has 0 aliphatic rings. The molecule has 108 valence electrons. The van der Waals surface area contributed by atoms with Crippen molar-refractivity contribution in [3.05, 3.63) is 41.1 Å². The highest BCUT2D eigenvalue weighted by Gasteiger charge is 2.11. The molecule has 0 saturated heterocycles. The number of thioether (sulfide) groups is 1. The molecule has 0 bridgehead atoms. The standard InChI is InChI=1S/C14H14N4O2S/c1-8-4-9(2)6-11(5-8)13-17-18-14(20-13)21-7-12-16-15-10(3)19-12/h4-6H,7H2,1-3H3. The van der Waals surface area contributed by atoms with Crippen LogP contribution in [-0.2, 0) is 5.75 Å². The first-order valence-electron chi connectivity index (χ1n) is 6.44. The zero-order valence-corrected chi connectivity index (χ0v) is 12.8. The van der Waals surface area contributed by atoms with Crippen molar-refractivity contribution in [1.29, 1.82) is 0 Å². The van der Waals surface area contributed by atoms with Gasteiger partial charge in [0.2, 0.25) is 17.7 Å². The van der Waals surface area contributed by atoms with E-state index in [1.54, 1.807) is 6.92 Å². The van der Waals surface area contributed by atoms with E-state index < -0.39 is 0 Å². The highest BCUT2D eigenvalue weighted by molar-refractivity contribution is 7.98. The minimum absolute atomic E-state index is 0.486. The Kier molecular flexibility index (Phi) is 3.74. The fourth-order valence-corrected chi connectivity index (χ4v) is 2.60. The molecular weight excluding hydrogens is 288 g/mol. The van der Waals surface area contributed by atoms with E-state index in [-0.39, 0.29) is 0 Å². The molecule has 0 aliphatic heterocycles. The van der Waals surface area contributed by atoms with E-state index in [1.807, 2.05) is 26.0 Å². The van der Waals surface area contributed by atoms with Crippen LogP contribution in [-0.4, -0.2) is 20.4 Å². The quantitative estimate of drug-likeness (QED) is 0.684. The molecule has 0 spiro atoms. The fourth-order valence-electron chi connectivity index (χ4n) is 2.00. The Bertz CT molecular complexity index is 746. The lowest BCUT2D eigenvalue weighted by molar-refractivity contribution is 0.461. The minimum Gasteiger partial charge on any atom is -0.425 e. The third kappa shape index (κ3) is 3.30. The van der Waals surface area contributed by atoms with Crippen molar-refractivity contribution in [3.63, 3.8) is 0 Å². The maximum atomic E-state index is 5.66. The van der Waals surface area contributed by atoms with Gasteiger partial charge in [0.25, 0.3) is 5.22 Å². The Labute approximate surface area is 126 Å². The van der Waals surface area contributed by atoms with Crippen LogP contribution in [0, 0.1) is 20.8 Å². The van der Waals surface area contributed by atoms with Crippen LogP contribution in [0.15, 0.2) is 32.3 Å². The zero-order valence-electron chi connectivity index (χ0n) is 12.0. The molecule has 0 aliphatic carbocycles. The van der Waals surface area contributed by atoms with Gasteiger partial charge in [-0.15, -0.1) is 20.4 Å². The van der Waals surface area contributed by atoms with E-state index in [4.69, 9.17) is 8.83 Å². The average Bonchev–Trinajstić information content (AvgIpc) is 3.04. The van der Waals surface area contributed by atoms with Gasteiger partial charge in [0.1, 0.15) is 0 Å². The first kappa shape index (κ1) is 13.8. The molecule has 0 amide bonds. The molecule has 0 unspecified atom stereocenters. The molecule has 21 heavy (non-hydrogen) atoms. The maximum absolute atomic E-state index is 5.66. The summed E-state index contributed by atoms with van der Waals surface area (Å²) in [5.41, 5.74) is 3.26. The van der Waals surface area contributed by atoms with Crippen molar-refractivity contribution in [1.82, 2.24) is 20.4 Å².